The lowest BCUT2D eigenvalue weighted by molar-refractivity contribution is 0.0484. The van der Waals surface area contributed by atoms with Crippen molar-refractivity contribution in [1.82, 2.24) is 30.1 Å². The molecule has 1 saturated carbocycles. The Morgan fingerprint density at radius 2 is 1.97 bits per heavy atom. The summed E-state index contributed by atoms with van der Waals surface area (Å²) < 4.78 is 19.0. The molecule has 35 heavy (non-hydrogen) atoms. The molecule has 0 radical (unpaired) electrons. The Kier molecular flexibility index (Phi) is 6.15. The van der Waals surface area contributed by atoms with E-state index in [-0.39, 0.29) is 24.5 Å². The molecule has 1 aromatic carbocycles. The molecular weight excluding hydrogens is 448 g/mol. The highest BCUT2D eigenvalue weighted by atomic mass is 16.7. The van der Waals surface area contributed by atoms with Gasteiger partial charge in [-0.05, 0) is 54.7 Å². The average molecular weight is 481 g/mol. The van der Waals surface area contributed by atoms with Crippen LogP contribution in [0.5, 0.6) is 11.5 Å². The second kappa shape index (κ2) is 9.58. The highest BCUT2D eigenvalue weighted by Crippen LogP contribution is 2.36. The number of pyridine rings is 1. The molecule has 1 aliphatic carbocycles. The molecule has 2 fully saturated rings. The Bertz CT molecular complexity index is 1240. The van der Waals surface area contributed by atoms with Gasteiger partial charge in [-0.3, -0.25) is 9.69 Å². The van der Waals surface area contributed by atoms with Crippen molar-refractivity contribution in [3.8, 4) is 11.5 Å². The average Bonchev–Trinajstić information content (AvgIpc) is 3.66. The lowest BCUT2D eigenvalue weighted by Gasteiger charge is -2.32. The molecule has 3 aromatic rings. The van der Waals surface area contributed by atoms with Gasteiger partial charge in [-0.2, -0.15) is 0 Å². The number of nitrogens with zero attached hydrogens (tertiary/aromatic N) is 5. The molecule has 0 spiro atoms. The minimum atomic E-state index is -0.0982. The van der Waals surface area contributed by atoms with Crippen LogP contribution < -0.4 is 15.0 Å². The lowest BCUT2D eigenvalue weighted by Crippen LogP contribution is -2.38. The number of aromatic amines is 1. The van der Waals surface area contributed by atoms with Crippen molar-refractivity contribution in [1.29, 1.82) is 0 Å². The first-order valence-corrected chi connectivity index (χ1v) is 12.8. The number of ether oxygens (including phenoxy) is 3. The molecule has 6 rings (SSSR count). The zero-order chi connectivity index (χ0) is 23.8. The first kappa shape index (κ1) is 22.5. The van der Waals surface area contributed by atoms with E-state index in [1.807, 2.05) is 22.9 Å². The van der Waals surface area contributed by atoms with Crippen molar-refractivity contribution >= 4 is 10.9 Å². The lowest BCUT2D eigenvalue weighted by atomic mass is 10.1. The number of aromatic nitrogens is 5. The number of nitrogens with one attached hydrogen (secondary N) is 1. The standard InChI is InChI=1S/C25H32N6O4/c1-2-21(24-27-28-29-31(24)18-6-3-4-7-18)30(14-19-8-5-9-33-19)13-17-10-16-11-22-23(35-15-34-22)12-20(16)26-25(17)32/h10-12,18-19,21H,2-9,13-15H2,1H3,(H,26,32)/t19-,21+/m1/s1. The highest BCUT2D eigenvalue weighted by Gasteiger charge is 2.32. The van der Waals surface area contributed by atoms with Crippen molar-refractivity contribution in [2.75, 3.05) is 19.9 Å². The smallest absolute Gasteiger partial charge is 0.252 e. The third kappa shape index (κ3) is 4.40. The summed E-state index contributed by atoms with van der Waals surface area (Å²) in [5.41, 5.74) is 1.34. The van der Waals surface area contributed by atoms with Crippen LogP contribution in [-0.2, 0) is 11.3 Å². The molecule has 186 valence electrons. The zero-order valence-electron chi connectivity index (χ0n) is 20.1. The summed E-state index contributed by atoms with van der Waals surface area (Å²) in [5.74, 6) is 2.25. The molecule has 10 nitrogen and oxygen atoms in total. The number of benzene rings is 1. The van der Waals surface area contributed by atoms with Crippen LogP contribution in [0, 0.1) is 0 Å². The maximum Gasteiger partial charge on any atom is 0.252 e. The van der Waals surface area contributed by atoms with Gasteiger partial charge in [-0.15, -0.1) is 5.10 Å². The fourth-order valence-electron chi connectivity index (χ4n) is 5.76. The number of H-pyrrole nitrogens is 1. The predicted octanol–water partition coefficient (Wildman–Crippen LogP) is 3.49. The summed E-state index contributed by atoms with van der Waals surface area (Å²) in [6.07, 6.45) is 7.73. The van der Waals surface area contributed by atoms with E-state index in [1.165, 1.54) is 12.8 Å². The Hall–Kier alpha value is -2.98. The van der Waals surface area contributed by atoms with E-state index >= 15 is 0 Å². The van der Waals surface area contributed by atoms with Gasteiger partial charge < -0.3 is 19.2 Å². The van der Waals surface area contributed by atoms with E-state index in [9.17, 15) is 4.79 Å². The number of rotatable bonds is 8. The summed E-state index contributed by atoms with van der Waals surface area (Å²) in [5, 5.41) is 13.8. The largest absolute Gasteiger partial charge is 0.454 e. The van der Waals surface area contributed by atoms with E-state index < -0.39 is 0 Å². The van der Waals surface area contributed by atoms with Crippen LogP contribution in [0.3, 0.4) is 0 Å². The fourth-order valence-corrected chi connectivity index (χ4v) is 5.76. The van der Waals surface area contributed by atoms with E-state index in [0.717, 1.165) is 62.0 Å². The minimum absolute atomic E-state index is 0.0124. The monoisotopic (exact) mass is 480 g/mol. The molecule has 3 aliphatic rings. The maximum absolute atomic E-state index is 13.1. The zero-order valence-corrected chi connectivity index (χ0v) is 20.1. The molecule has 0 bridgehead atoms. The van der Waals surface area contributed by atoms with Crippen molar-refractivity contribution < 1.29 is 14.2 Å². The van der Waals surface area contributed by atoms with Crippen molar-refractivity contribution in [2.45, 2.75) is 76.6 Å². The van der Waals surface area contributed by atoms with E-state index in [2.05, 4.69) is 32.3 Å². The number of tetrazole rings is 1. The summed E-state index contributed by atoms with van der Waals surface area (Å²) in [6, 6.07) is 6.07. The topological polar surface area (TPSA) is 107 Å². The second-order valence-corrected chi connectivity index (χ2v) is 9.82. The molecule has 4 heterocycles. The molecule has 1 N–H and O–H groups in total. The predicted molar refractivity (Wildman–Crippen MR) is 128 cm³/mol. The molecule has 2 atom stereocenters. The summed E-state index contributed by atoms with van der Waals surface area (Å²) in [4.78, 5) is 18.5. The number of hydrogen-bond acceptors (Lipinski definition) is 8. The Balaban J connectivity index is 1.34. The third-order valence-electron chi connectivity index (χ3n) is 7.56. The van der Waals surface area contributed by atoms with Crippen LogP contribution in [0.15, 0.2) is 23.0 Å². The van der Waals surface area contributed by atoms with Crippen LogP contribution in [0.2, 0.25) is 0 Å². The van der Waals surface area contributed by atoms with Gasteiger partial charge in [0, 0.05) is 36.7 Å². The first-order valence-electron chi connectivity index (χ1n) is 12.8. The van der Waals surface area contributed by atoms with Crippen molar-refractivity contribution in [3.05, 3.63) is 39.9 Å². The minimum Gasteiger partial charge on any atom is -0.454 e. The van der Waals surface area contributed by atoms with E-state index in [0.29, 0.717) is 29.6 Å². The number of fused-ring (bicyclic) bond motifs is 2. The molecule has 0 amide bonds. The number of hydrogen-bond donors (Lipinski definition) is 1. The first-order chi connectivity index (χ1) is 17.2. The van der Waals surface area contributed by atoms with Crippen LogP contribution in [0.25, 0.3) is 10.9 Å². The van der Waals surface area contributed by atoms with E-state index in [1.54, 1.807) is 0 Å². The second-order valence-electron chi connectivity index (χ2n) is 9.82. The van der Waals surface area contributed by atoms with Gasteiger partial charge in [0.25, 0.3) is 5.56 Å². The Morgan fingerprint density at radius 3 is 2.74 bits per heavy atom. The molecular formula is C25H32N6O4. The van der Waals surface area contributed by atoms with Gasteiger partial charge in [0.15, 0.2) is 17.3 Å². The highest BCUT2D eigenvalue weighted by molar-refractivity contribution is 5.83. The van der Waals surface area contributed by atoms with Crippen molar-refractivity contribution in [2.24, 2.45) is 0 Å². The summed E-state index contributed by atoms with van der Waals surface area (Å²) >= 11 is 0. The Morgan fingerprint density at radius 1 is 1.14 bits per heavy atom. The van der Waals surface area contributed by atoms with Gasteiger partial charge in [0.2, 0.25) is 6.79 Å². The normalized spacial score (nSPS) is 20.9. The quantitative estimate of drug-likeness (QED) is 0.522. The van der Waals surface area contributed by atoms with Gasteiger partial charge in [-0.25, -0.2) is 4.68 Å². The van der Waals surface area contributed by atoms with Crippen LogP contribution in [0.4, 0.5) is 0 Å². The molecule has 2 aromatic heterocycles. The van der Waals surface area contributed by atoms with Crippen LogP contribution >= 0.6 is 0 Å². The van der Waals surface area contributed by atoms with Gasteiger partial charge in [0.1, 0.15) is 0 Å². The van der Waals surface area contributed by atoms with Gasteiger partial charge in [0.05, 0.1) is 23.7 Å². The summed E-state index contributed by atoms with van der Waals surface area (Å²) in [7, 11) is 0. The van der Waals surface area contributed by atoms with Crippen molar-refractivity contribution in [3.63, 3.8) is 0 Å². The molecule has 10 heteroatoms. The molecule has 1 saturated heterocycles. The SMILES string of the molecule is CC[C@@H](c1nnnn1C1CCCC1)N(Cc1cc2cc3c(cc2[nH]c1=O)OCO3)C[C@H]1CCCO1. The van der Waals surface area contributed by atoms with E-state index in [4.69, 9.17) is 14.2 Å². The maximum atomic E-state index is 13.1. The summed E-state index contributed by atoms with van der Waals surface area (Å²) in [6.45, 7) is 4.36. The molecule has 0 unspecified atom stereocenters. The van der Waals surface area contributed by atoms with Crippen LogP contribution in [0.1, 0.15) is 75.3 Å². The van der Waals surface area contributed by atoms with Gasteiger partial charge >= 0.3 is 0 Å². The van der Waals surface area contributed by atoms with Gasteiger partial charge in [-0.1, -0.05) is 19.8 Å². The fraction of sp³-hybridized carbons (Fsp3) is 0.600. The molecule has 2 aliphatic heterocycles. The third-order valence-corrected chi connectivity index (χ3v) is 7.56. The Labute approximate surface area is 203 Å². The van der Waals surface area contributed by atoms with Crippen LogP contribution in [-0.4, -0.2) is 56.1 Å².